The van der Waals surface area contributed by atoms with Gasteiger partial charge >= 0.3 is 0 Å². The van der Waals surface area contributed by atoms with Gasteiger partial charge < -0.3 is 10.2 Å². The highest BCUT2D eigenvalue weighted by atomic mass is 32.2. The van der Waals surface area contributed by atoms with Crippen LogP contribution < -0.4 is 10.9 Å². The minimum atomic E-state index is -0.220. The lowest BCUT2D eigenvalue weighted by atomic mass is 10.2. The summed E-state index contributed by atoms with van der Waals surface area (Å²) in [5.74, 6) is 0.401. The molecule has 1 unspecified atom stereocenters. The van der Waals surface area contributed by atoms with Crippen LogP contribution in [0.2, 0.25) is 0 Å². The van der Waals surface area contributed by atoms with Gasteiger partial charge in [0.05, 0.1) is 16.7 Å². The zero-order chi connectivity index (χ0) is 21.8. The van der Waals surface area contributed by atoms with Gasteiger partial charge in [-0.2, -0.15) is 0 Å². The smallest absolute Gasteiger partial charge is 0.262 e. The molecule has 0 radical (unpaired) electrons. The number of nitrogens with zero attached hydrogens (tertiary/aromatic N) is 5. The van der Waals surface area contributed by atoms with Crippen molar-refractivity contribution in [2.75, 3.05) is 19.8 Å². The first-order valence-electron chi connectivity index (χ1n) is 9.82. The Morgan fingerprint density at radius 1 is 1.23 bits per heavy atom. The summed E-state index contributed by atoms with van der Waals surface area (Å²) < 4.78 is 3.25. The molecule has 0 fully saturated rings. The lowest BCUT2D eigenvalue weighted by Crippen LogP contribution is -2.33. The van der Waals surface area contributed by atoms with E-state index in [-0.39, 0.29) is 42.1 Å². The van der Waals surface area contributed by atoms with E-state index in [9.17, 15) is 14.4 Å². The Bertz CT molecular complexity index is 1140. The summed E-state index contributed by atoms with van der Waals surface area (Å²) in [6, 6.07) is 7.28. The van der Waals surface area contributed by atoms with Crippen LogP contribution in [0.4, 0.5) is 0 Å². The molecule has 9 nitrogen and oxygen atoms in total. The maximum absolute atomic E-state index is 13.1. The fourth-order valence-electron chi connectivity index (χ4n) is 2.95. The van der Waals surface area contributed by atoms with Crippen molar-refractivity contribution in [3.8, 4) is 0 Å². The summed E-state index contributed by atoms with van der Waals surface area (Å²) in [6.45, 7) is 4.13. The molecule has 0 aliphatic heterocycles. The molecule has 1 N–H and O–H groups in total. The number of nitrogens with one attached hydrogen (secondary N) is 1. The molecule has 10 heteroatoms. The van der Waals surface area contributed by atoms with Gasteiger partial charge in [-0.25, -0.2) is 0 Å². The number of aromatic nitrogens is 4. The van der Waals surface area contributed by atoms with Gasteiger partial charge in [-0.3, -0.25) is 23.4 Å². The van der Waals surface area contributed by atoms with Gasteiger partial charge in [0.1, 0.15) is 0 Å². The third kappa shape index (κ3) is 4.48. The van der Waals surface area contributed by atoms with E-state index in [0.717, 1.165) is 6.42 Å². The maximum atomic E-state index is 13.1. The fraction of sp³-hybridized carbons (Fsp3) is 0.450. The fourth-order valence-corrected chi connectivity index (χ4v) is 3.86. The Morgan fingerprint density at radius 2 is 1.97 bits per heavy atom. The number of para-hydroxylation sites is 1. The van der Waals surface area contributed by atoms with Crippen molar-refractivity contribution < 1.29 is 9.59 Å². The number of rotatable bonds is 8. The third-order valence-corrected chi connectivity index (χ3v) is 5.80. The monoisotopic (exact) mass is 430 g/mol. The zero-order valence-electron chi connectivity index (χ0n) is 17.6. The Labute approximate surface area is 178 Å². The zero-order valence-corrected chi connectivity index (χ0v) is 18.4. The van der Waals surface area contributed by atoms with Gasteiger partial charge in [0.15, 0.2) is 5.16 Å². The predicted octanol–water partition coefficient (Wildman–Crippen LogP) is 1.53. The summed E-state index contributed by atoms with van der Waals surface area (Å²) in [6.07, 6.45) is 0.995. The highest BCUT2D eigenvalue weighted by Crippen LogP contribution is 2.21. The molecule has 0 saturated carbocycles. The van der Waals surface area contributed by atoms with Crippen LogP contribution in [0, 0.1) is 0 Å². The van der Waals surface area contributed by atoms with E-state index in [4.69, 9.17) is 0 Å². The van der Waals surface area contributed by atoms with Crippen LogP contribution in [0.5, 0.6) is 0 Å². The second-order valence-corrected chi connectivity index (χ2v) is 8.24. The number of aryl methyl sites for hydroxylation is 1. The molecule has 2 amide bonds. The molecule has 0 spiro atoms. The lowest BCUT2D eigenvalue weighted by Gasteiger charge is -2.13. The van der Waals surface area contributed by atoms with Crippen molar-refractivity contribution >= 4 is 40.3 Å². The second kappa shape index (κ2) is 9.29. The Kier molecular flexibility index (Phi) is 6.76. The van der Waals surface area contributed by atoms with Crippen LogP contribution in [-0.4, -0.2) is 61.8 Å². The first-order valence-corrected chi connectivity index (χ1v) is 10.8. The molecule has 0 aliphatic carbocycles. The number of thioether (sulfide) groups is 1. The number of hydrogen-bond donors (Lipinski definition) is 1. The summed E-state index contributed by atoms with van der Waals surface area (Å²) in [5.41, 5.74) is 0.449. The van der Waals surface area contributed by atoms with E-state index in [1.54, 1.807) is 30.6 Å². The second-order valence-electron chi connectivity index (χ2n) is 7.30. The number of benzene rings is 1. The molecule has 1 aromatic carbocycles. The van der Waals surface area contributed by atoms with E-state index >= 15 is 0 Å². The number of carbonyl (C=O) groups excluding carboxylic acids is 2. The van der Waals surface area contributed by atoms with Gasteiger partial charge in [0.25, 0.3) is 5.56 Å². The first kappa shape index (κ1) is 21.8. The topological polar surface area (TPSA) is 102 Å². The minimum absolute atomic E-state index is 0.0453. The Morgan fingerprint density at radius 3 is 2.67 bits per heavy atom. The molecule has 30 heavy (non-hydrogen) atoms. The lowest BCUT2D eigenvalue weighted by molar-refractivity contribution is -0.126. The summed E-state index contributed by atoms with van der Waals surface area (Å²) in [5, 5.41) is 12.4. The largest absolute Gasteiger partial charge is 0.354 e. The molecular weight excluding hydrogens is 404 g/mol. The number of hydrogen-bond acceptors (Lipinski definition) is 6. The average molecular weight is 431 g/mol. The molecule has 160 valence electrons. The van der Waals surface area contributed by atoms with Crippen LogP contribution in [0.3, 0.4) is 0 Å². The molecule has 0 aliphatic rings. The number of fused-ring (bicyclic) bond motifs is 3. The van der Waals surface area contributed by atoms with Crippen molar-refractivity contribution in [1.29, 1.82) is 0 Å². The van der Waals surface area contributed by atoms with Crippen LogP contribution >= 0.6 is 11.8 Å². The first-order chi connectivity index (χ1) is 14.3. The van der Waals surface area contributed by atoms with Crippen molar-refractivity contribution in [2.24, 2.45) is 0 Å². The predicted molar refractivity (Wildman–Crippen MR) is 117 cm³/mol. The van der Waals surface area contributed by atoms with Gasteiger partial charge in [-0.05, 0) is 25.5 Å². The molecule has 2 aromatic heterocycles. The summed E-state index contributed by atoms with van der Waals surface area (Å²) in [4.78, 5) is 38.8. The quantitative estimate of drug-likeness (QED) is 0.544. The molecule has 0 saturated heterocycles. The van der Waals surface area contributed by atoms with Gasteiger partial charge in [-0.15, -0.1) is 10.2 Å². The van der Waals surface area contributed by atoms with Crippen LogP contribution in [0.25, 0.3) is 16.7 Å². The molecular formula is C20H26N6O3S. The van der Waals surface area contributed by atoms with E-state index < -0.39 is 0 Å². The summed E-state index contributed by atoms with van der Waals surface area (Å²) >= 11 is 1.26. The summed E-state index contributed by atoms with van der Waals surface area (Å²) in [7, 11) is 3.39. The van der Waals surface area contributed by atoms with Crippen molar-refractivity contribution in [2.45, 2.75) is 44.4 Å². The standard InChI is InChI=1S/C20H26N6O3S/c1-5-13(2)21-16(27)10-11-25-18(29)14-8-6-7-9-15(14)26-19(25)22-23-20(26)30-12-17(28)24(3)4/h6-9,13H,5,10-12H2,1-4H3,(H,21,27). The Balaban J connectivity index is 2.00. The Hall–Kier alpha value is -2.88. The highest BCUT2D eigenvalue weighted by molar-refractivity contribution is 7.99. The third-order valence-electron chi connectivity index (χ3n) is 4.88. The average Bonchev–Trinajstić information content (AvgIpc) is 3.15. The van der Waals surface area contributed by atoms with Gasteiger partial charge in [0.2, 0.25) is 17.6 Å². The molecule has 3 aromatic rings. The van der Waals surface area contributed by atoms with Crippen molar-refractivity contribution in [3.63, 3.8) is 0 Å². The highest BCUT2D eigenvalue weighted by Gasteiger charge is 2.18. The van der Waals surface area contributed by atoms with Gasteiger partial charge in [0, 0.05) is 33.1 Å². The van der Waals surface area contributed by atoms with E-state index in [1.807, 2.05) is 26.0 Å². The maximum Gasteiger partial charge on any atom is 0.262 e. The van der Waals surface area contributed by atoms with Crippen molar-refractivity contribution in [3.05, 3.63) is 34.6 Å². The minimum Gasteiger partial charge on any atom is -0.354 e. The van der Waals surface area contributed by atoms with Crippen LogP contribution in [0.1, 0.15) is 26.7 Å². The van der Waals surface area contributed by atoms with E-state index in [1.165, 1.54) is 21.2 Å². The molecule has 1 atom stereocenters. The molecule has 3 rings (SSSR count). The normalized spacial score (nSPS) is 12.3. The SMILES string of the molecule is CCC(C)NC(=O)CCn1c(=O)c2ccccc2n2c(SCC(=O)N(C)C)nnc12. The van der Waals surface area contributed by atoms with E-state index in [0.29, 0.717) is 21.8 Å². The van der Waals surface area contributed by atoms with E-state index in [2.05, 4.69) is 15.5 Å². The number of amides is 2. The number of carbonyl (C=O) groups is 2. The van der Waals surface area contributed by atoms with Gasteiger partial charge in [-0.1, -0.05) is 30.8 Å². The molecule has 2 heterocycles. The van der Waals surface area contributed by atoms with Crippen molar-refractivity contribution in [1.82, 2.24) is 29.4 Å². The van der Waals surface area contributed by atoms with Crippen LogP contribution in [-0.2, 0) is 16.1 Å². The van der Waals surface area contributed by atoms with Crippen LogP contribution in [0.15, 0.2) is 34.2 Å². The molecule has 0 bridgehead atoms.